The van der Waals surface area contributed by atoms with Gasteiger partial charge in [0.2, 0.25) is 0 Å². The highest BCUT2D eigenvalue weighted by molar-refractivity contribution is 5.74. The summed E-state index contributed by atoms with van der Waals surface area (Å²) >= 11 is 0. The first-order chi connectivity index (χ1) is 13.0. The van der Waals surface area contributed by atoms with E-state index in [-0.39, 0.29) is 12.1 Å². The van der Waals surface area contributed by atoms with Crippen molar-refractivity contribution in [3.63, 3.8) is 0 Å². The highest BCUT2D eigenvalue weighted by atomic mass is 16.5. The molecule has 6 heteroatoms. The van der Waals surface area contributed by atoms with Gasteiger partial charge in [-0.2, -0.15) is 0 Å². The zero-order chi connectivity index (χ0) is 19.6. The highest BCUT2D eigenvalue weighted by Gasteiger charge is 2.15. The average molecular weight is 371 g/mol. The number of methoxy groups -OCH3 is 1. The minimum absolute atomic E-state index is 0.0704. The number of rotatable bonds is 9. The van der Waals surface area contributed by atoms with Crippen LogP contribution in [0.25, 0.3) is 0 Å². The van der Waals surface area contributed by atoms with Gasteiger partial charge in [-0.25, -0.2) is 4.79 Å². The van der Waals surface area contributed by atoms with Gasteiger partial charge < -0.3 is 25.4 Å². The Labute approximate surface area is 161 Å². The molecule has 0 radical (unpaired) electrons. The summed E-state index contributed by atoms with van der Waals surface area (Å²) in [5, 5.41) is 2.90. The maximum atomic E-state index is 12.3. The number of benzene rings is 2. The normalized spacial score (nSPS) is 10.6. The van der Waals surface area contributed by atoms with Crippen molar-refractivity contribution in [2.75, 3.05) is 20.2 Å². The summed E-state index contributed by atoms with van der Waals surface area (Å²) in [7, 11) is 1.61. The van der Waals surface area contributed by atoms with E-state index in [1.54, 1.807) is 12.0 Å². The fourth-order valence-corrected chi connectivity index (χ4v) is 2.63. The summed E-state index contributed by atoms with van der Waals surface area (Å²) in [6.07, 6.45) is 0. The number of nitrogens with one attached hydrogen (secondary N) is 1. The standard InChI is InChI=1S/C21H29N3O3/c1-16(2)23-21(25)24(12-11-22)14-18-9-10-19(20(13-18)26-3)27-15-17-7-5-4-6-8-17/h4-10,13,16H,11-12,14-15,22H2,1-3H3,(H,23,25). The van der Waals surface area contributed by atoms with Crippen molar-refractivity contribution in [3.8, 4) is 11.5 Å². The summed E-state index contributed by atoms with van der Waals surface area (Å²) in [5.74, 6) is 1.31. The third kappa shape index (κ3) is 6.49. The molecule has 0 aromatic heterocycles. The fraction of sp³-hybridized carbons (Fsp3) is 0.381. The maximum Gasteiger partial charge on any atom is 0.317 e. The van der Waals surface area contributed by atoms with E-state index in [0.717, 1.165) is 11.1 Å². The Kier molecular flexibility index (Phi) is 7.95. The fourth-order valence-electron chi connectivity index (χ4n) is 2.63. The zero-order valence-corrected chi connectivity index (χ0v) is 16.3. The molecular formula is C21H29N3O3. The Morgan fingerprint density at radius 1 is 1.11 bits per heavy atom. The molecule has 2 amide bonds. The van der Waals surface area contributed by atoms with Gasteiger partial charge in [-0.05, 0) is 37.1 Å². The number of hydrogen-bond acceptors (Lipinski definition) is 4. The van der Waals surface area contributed by atoms with Crippen LogP contribution in [0.1, 0.15) is 25.0 Å². The predicted octanol–water partition coefficient (Wildman–Crippen LogP) is 3.15. The van der Waals surface area contributed by atoms with Crippen molar-refractivity contribution in [3.05, 3.63) is 59.7 Å². The number of urea groups is 1. The largest absolute Gasteiger partial charge is 0.493 e. The summed E-state index contributed by atoms with van der Waals surface area (Å²) in [4.78, 5) is 14.0. The molecule has 0 saturated carbocycles. The molecule has 0 atom stereocenters. The Hall–Kier alpha value is -2.73. The van der Waals surface area contributed by atoms with E-state index >= 15 is 0 Å². The number of amides is 2. The van der Waals surface area contributed by atoms with E-state index in [9.17, 15) is 4.79 Å². The van der Waals surface area contributed by atoms with E-state index in [2.05, 4.69) is 5.32 Å². The Morgan fingerprint density at radius 2 is 1.85 bits per heavy atom. The number of nitrogens with zero attached hydrogens (tertiary/aromatic N) is 1. The summed E-state index contributed by atoms with van der Waals surface area (Å²) in [5.41, 5.74) is 7.70. The van der Waals surface area contributed by atoms with Gasteiger partial charge in [-0.15, -0.1) is 0 Å². The molecule has 2 rings (SSSR count). The van der Waals surface area contributed by atoms with Crippen LogP contribution < -0.4 is 20.5 Å². The van der Waals surface area contributed by atoms with Gasteiger partial charge in [0.1, 0.15) is 6.61 Å². The molecule has 0 heterocycles. The molecule has 0 aliphatic rings. The van der Waals surface area contributed by atoms with Gasteiger partial charge in [0.15, 0.2) is 11.5 Å². The van der Waals surface area contributed by atoms with Crippen LogP contribution in [0.3, 0.4) is 0 Å². The molecule has 146 valence electrons. The van der Waals surface area contributed by atoms with Gasteiger partial charge in [-0.1, -0.05) is 36.4 Å². The lowest BCUT2D eigenvalue weighted by Gasteiger charge is -2.24. The van der Waals surface area contributed by atoms with E-state index in [0.29, 0.717) is 37.7 Å². The monoisotopic (exact) mass is 371 g/mol. The minimum atomic E-state index is -0.126. The molecule has 0 fully saturated rings. The molecule has 27 heavy (non-hydrogen) atoms. The number of hydrogen-bond donors (Lipinski definition) is 2. The number of ether oxygens (including phenoxy) is 2. The second-order valence-corrected chi connectivity index (χ2v) is 6.57. The third-order valence-corrected chi connectivity index (χ3v) is 3.94. The van der Waals surface area contributed by atoms with Crippen molar-refractivity contribution < 1.29 is 14.3 Å². The molecule has 6 nitrogen and oxygen atoms in total. The number of nitrogens with two attached hydrogens (primary N) is 1. The van der Waals surface area contributed by atoms with Crippen molar-refractivity contribution in [2.45, 2.75) is 33.0 Å². The third-order valence-electron chi connectivity index (χ3n) is 3.94. The quantitative estimate of drug-likeness (QED) is 0.710. The molecule has 0 bridgehead atoms. The maximum absolute atomic E-state index is 12.3. The first kappa shape index (κ1) is 20.6. The smallest absolute Gasteiger partial charge is 0.317 e. The number of carbonyl (C=O) groups is 1. The lowest BCUT2D eigenvalue weighted by Crippen LogP contribution is -2.44. The van der Waals surface area contributed by atoms with E-state index in [1.165, 1.54) is 0 Å². The van der Waals surface area contributed by atoms with Crippen LogP contribution in [0, 0.1) is 0 Å². The van der Waals surface area contributed by atoms with E-state index in [1.807, 2.05) is 62.4 Å². The lowest BCUT2D eigenvalue weighted by atomic mass is 10.2. The van der Waals surface area contributed by atoms with Crippen LogP contribution >= 0.6 is 0 Å². The van der Waals surface area contributed by atoms with Gasteiger partial charge in [0.25, 0.3) is 0 Å². The van der Waals surface area contributed by atoms with Crippen molar-refractivity contribution in [1.29, 1.82) is 0 Å². The molecule has 0 aliphatic carbocycles. The first-order valence-corrected chi connectivity index (χ1v) is 9.12. The second-order valence-electron chi connectivity index (χ2n) is 6.57. The molecule has 2 aromatic rings. The van der Waals surface area contributed by atoms with E-state index < -0.39 is 0 Å². The van der Waals surface area contributed by atoms with Crippen molar-refractivity contribution >= 4 is 6.03 Å². The highest BCUT2D eigenvalue weighted by Crippen LogP contribution is 2.29. The first-order valence-electron chi connectivity index (χ1n) is 9.12. The van der Waals surface area contributed by atoms with Crippen LogP contribution in [-0.2, 0) is 13.2 Å². The average Bonchev–Trinajstić information content (AvgIpc) is 2.66. The van der Waals surface area contributed by atoms with Crippen LogP contribution in [-0.4, -0.2) is 37.2 Å². The molecule has 3 N–H and O–H groups in total. The van der Waals surface area contributed by atoms with Gasteiger partial charge in [0, 0.05) is 25.7 Å². The molecule has 0 spiro atoms. The summed E-state index contributed by atoms with van der Waals surface area (Å²) < 4.78 is 11.4. The SMILES string of the molecule is COc1cc(CN(CCN)C(=O)NC(C)C)ccc1OCc1ccccc1. The zero-order valence-electron chi connectivity index (χ0n) is 16.3. The molecule has 0 saturated heterocycles. The van der Waals surface area contributed by atoms with Gasteiger partial charge in [0.05, 0.1) is 7.11 Å². The van der Waals surface area contributed by atoms with Crippen LogP contribution in [0.15, 0.2) is 48.5 Å². The molecule has 0 unspecified atom stereocenters. The van der Waals surface area contributed by atoms with Crippen LogP contribution in [0.4, 0.5) is 4.79 Å². The topological polar surface area (TPSA) is 76.8 Å². The minimum Gasteiger partial charge on any atom is -0.493 e. The summed E-state index contributed by atoms with van der Waals surface area (Å²) in [6.45, 7) is 5.66. The lowest BCUT2D eigenvalue weighted by molar-refractivity contribution is 0.194. The Bertz CT molecular complexity index is 720. The molecular weight excluding hydrogens is 342 g/mol. The van der Waals surface area contributed by atoms with Crippen molar-refractivity contribution in [2.24, 2.45) is 5.73 Å². The number of carbonyl (C=O) groups excluding carboxylic acids is 1. The van der Waals surface area contributed by atoms with Crippen molar-refractivity contribution in [1.82, 2.24) is 10.2 Å². The van der Waals surface area contributed by atoms with Gasteiger partial charge in [-0.3, -0.25) is 0 Å². The summed E-state index contributed by atoms with van der Waals surface area (Å²) in [6, 6.07) is 15.6. The van der Waals surface area contributed by atoms with Crippen LogP contribution in [0.5, 0.6) is 11.5 Å². The van der Waals surface area contributed by atoms with E-state index in [4.69, 9.17) is 15.2 Å². The Morgan fingerprint density at radius 3 is 2.48 bits per heavy atom. The molecule has 2 aromatic carbocycles. The molecule has 0 aliphatic heterocycles. The van der Waals surface area contributed by atoms with Crippen LogP contribution in [0.2, 0.25) is 0 Å². The Balaban J connectivity index is 2.07. The second kappa shape index (κ2) is 10.4. The van der Waals surface area contributed by atoms with Gasteiger partial charge >= 0.3 is 6.03 Å². The predicted molar refractivity (Wildman–Crippen MR) is 107 cm³/mol.